The number of halogens is 1. The van der Waals surface area contributed by atoms with E-state index >= 15 is 0 Å². The van der Waals surface area contributed by atoms with E-state index in [0.717, 1.165) is 10.7 Å². The molecule has 0 bridgehead atoms. The first-order valence-electron chi connectivity index (χ1n) is 7.77. The van der Waals surface area contributed by atoms with E-state index in [1.807, 2.05) is 13.8 Å². The van der Waals surface area contributed by atoms with E-state index in [2.05, 4.69) is 5.32 Å². The fraction of sp³-hybridized carbons (Fsp3) is 0.500. The normalized spacial score (nSPS) is 11.6. The SMILES string of the molecule is CC(C)CCNC(=O)COC(=O)CN(C)S(=O)(=O)c1ccc(Cl)cc1. The maximum absolute atomic E-state index is 12.3. The molecule has 0 spiro atoms. The summed E-state index contributed by atoms with van der Waals surface area (Å²) in [4.78, 5) is 23.3. The predicted molar refractivity (Wildman–Crippen MR) is 94.7 cm³/mol. The second-order valence-electron chi connectivity index (χ2n) is 5.91. The number of carbonyl (C=O) groups is 2. The van der Waals surface area contributed by atoms with E-state index in [4.69, 9.17) is 16.3 Å². The Morgan fingerprint density at radius 2 is 1.84 bits per heavy atom. The number of hydrogen-bond donors (Lipinski definition) is 1. The third-order valence-corrected chi connectivity index (χ3v) is 5.35. The van der Waals surface area contributed by atoms with Gasteiger partial charge in [0.1, 0.15) is 6.54 Å². The molecule has 0 atom stereocenters. The molecule has 0 unspecified atom stereocenters. The van der Waals surface area contributed by atoms with Gasteiger partial charge in [0.15, 0.2) is 6.61 Å². The molecule has 0 aliphatic carbocycles. The van der Waals surface area contributed by atoms with Gasteiger partial charge in [0.2, 0.25) is 10.0 Å². The molecule has 0 fully saturated rings. The lowest BCUT2D eigenvalue weighted by Gasteiger charge is -2.16. The molecule has 0 heterocycles. The van der Waals surface area contributed by atoms with Crippen molar-refractivity contribution in [3.8, 4) is 0 Å². The van der Waals surface area contributed by atoms with E-state index in [9.17, 15) is 18.0 Å². The summed E-state index contributed by atoms with van der Waals surface area (Å²) in [6, 6.07) is 5.59. The fourth-order valence-corrected chi connectivity index (χ4v) is 3.04. The number of ether oxygens (including phenoxy) is 1. The number of amides is 1. The lowest BCUT2D eigenvalue weighted by molar-refractivity contribution is -0.148. The van der Waals surface area contributed by atoms with E-state index in [1.54, 1.807) is 0 Å². The molecule has 0 saturated carbocycles. The Morgan fingerprint density at radius 3 is 2.40 bits per heavy atom. The third-order valence-electron chi connectivity index (χ3n) is 3.28. The van der Waals surface area contributed by atoms with Crippen molar-refractivity contribution < 1.29 is 22.7 Å². The van der Waals surface area contributed by atoms with Crippen LogP contribution in [0, 0.1) is 5.92 Å². The highest BCUT2D eigenvalue weighted by Crippen LogP contribution is 2.17. The molecule has 7 nitrogen and oxygen atoms in total. The lowest BCUT2D eigenvalue weighted by Crippen LogP contribution is -2.35. The summed E-state index contributed by atoms with van der Waals surface area (Å²) >= 11 is 5.73. The molecular weight excluding hydrogens is 368 g/mol. The number of carbonyl (C=O) groups excluding carboxylic acids is 2. The zero-order chi connectivity index (χ0) is 19.0. The van der Waals surface area contributed by atoms with Crippen LogP contribution in [0.1, 0.15) is 20.3 Å². The number of nitrogens with zero attached hydrogens (tertiary/aromatic N) is 1. The molecular formula is C16H23ClN2O5S. The van der Waals surface area contributed by atoms with Crippen LogP contribution in [0.5, 0.6) is 0 Å². The molecule has 1 aromatic rings. The minimum Gasteiger partial charge on any atom is -0.455 e. The molecule has 1 N–H and O–H groups in total. The second kappa shape index (κ2) is 9.74. The molecule has 25 heavy (non-hydrogen) atoms. The molecule has 0 aromatic heterocycles. The molecule has 1 aromatic carbocycles. The van der Waals surface area contributed by atoms with Gasteiger partial charge in [0.05, 0.1) is 4.90 Å². The van der Waals surface area contributed by atoms with E-state index in [0.29, 0.717) is 17.5 Å². The molecule has 0 saturated heterocycles. The quantitative estimate of drug-likeness (QED) is 0.647. The zero-order valence-electron chi connectivity index (χ0n) is 14.5. The number of esters is 1. The Kier molecular flexibility index (Phi) is 8.34. The number of likely N-dealkylation sites (N-methyl/N-ethyl adjacent to an activating group) is 1. The van der Waals surface area contributed by atoms with Crippen molar-refractivity contribution >= 4 is 33.5 Å². The van der Waals surface area contributed by atoms with Crippen LogP contribution in [0.4, 0.5) is 0 Å². The smallest absolute Gasteiger partial charge is 0.321 e. The van der Waals surface area contributed by atoms with Crippen LogP contribution in [-0.2, 0) is 24.3 Å². The molecule has 0 aliphatic heterocycles. The van der Waals surface area contributed by atoms with Crippen LogP contribution in [0.2, 0.25) is 5.02 Å². The summed E-state index contributed by atoms with van der Waals surface area (Å²) in [5.74, 6) is -0.772. The van der Waals surface area contributed by atoms with Crippen molar-refractivity contribution in [3.63, 3.8) is 0 Å². The number of sulfonamides is 1. The summed E-state index contributed by atoms with van der Waals surface area (Å²) < 4.78 is 30.3. The van der Waals surface area contributed by atoms with E-state index in [-0.39, 0.29) is 4.90 Å². The zero-order valence-corrected chi connectivity index (χ0v) is 16.1. The van der Waals surface area contributed by atoms with Gasteiger partial charge in [0, 0.05) is 18.6 Å². The number of rotatable bonds is 9. The van der Waals surface area contributed by atoms with Crippen molar-refractivity contribution in [2.75, 3.05) is 26.7 Å². The van der Waals surface area contributed by atoms with Crippen molar-refractivity contribution in [2.45, 2.75) is 25.2 Å². The van der Waals surface area contributed by atoms with Crippen LogP contribution < -0.4 is 5.32 Å². The maximum atomic E-state index is 12.3. The van der Waals surface area contributed by atoms with Crippen LogP contribution in [0.15, 0.2) is 29.2 Å². The first-order chi connectivity index (χ1) is 11.6. The minimum atomic E-state index is -3.84. The largest absolute Gasteiger partial charge is 0.455 e. The van der Waals surface area contributed by atoms with Crippen LogP contribution >= 0.6 is 11.6 Å². The van der Waals surface area contributed by atoms with Gasteiger partial charge in [-0.1, -0.05) is 25.4 Å². The lowest BCUT2D eigenvalue weighted by atomic mass is 10.1. The molecule has 9 heteroatoms. The van der Waals surface area contributed by atoms with E-state index < -0.39 is 35.1 Å². The number of hydrogen-bond acceptors (Lipinski definition) is 5. The first-order valence-corrected chi connectivity index (χ1v) is 9.59. The number of benzene rings is 1. The Bertz CT molecular complexity index is 689. The topological polar surface area (TPSA) is 92.8 Å². The predicted octanol–water partition coefficient (Wildman–Crippen LogP) is 1.67. The Morgan fingerprint density at radius 1 is 1.24 bits per heavy atom. The van der Waals surface area contributed by atoms with Gasteiger partial charge in [-0.05, 0) is 36.6 Å². The van der Waals surface area contributed by atoms with Gasteiger partial charge in [-0.15, -0.1) is 0 Å². The highest BCUT2D eigenvalue weighted by atomic mass is 35.5. The molecule has 1 amide bonds. The van der Waals surface area contributed by atoms with Crippen LogP contribution in [0.25, 0.3) is 0 Å². The van der Waals surface area contributed by atoms with Gasteiger partial charge >= 0.3 is 5.97 Å². The van der Waals surface area contributed by atoms with Gasteiger partial charge in [0.25, 0.3) is 5.91 Å². The molecule has 140 valence electrons. The molecule has 1 rings (SSSR count). The van der Waals surface area contributed by atoms with Gasteiger partial charge < -0.3 is 10.1 Å². The summed E-state index contributed by atoms with van der Waals surface area (Å²) in [7, 11) is -2.58. The second-order valence-corrected chi connectivity index (χ2v) is 8.39. The highest BCUT2D eigenvalue weighted by Gasteiger charge is 2.23. The Hall–Kier alpha value is -1.64. The first kappa shape index (κ1) is 21.4. The summed E-state index contributed by atoms with van der Waals surface area (Å²) in [5, 5.41) is 3.03. The maximum Gasteiger partial charge on any atom is 0.321 e. The van der Waals surface area contributed by atoms with E-state index in [1.165, 1.54) is 31.3 Å². The van der Waals surface area contributed by atoms with Crippen LogP contribution in [0.3, 0.4) is 0 Å². The average molecular weight is 391 g/mol. The summed E-state index contributed by atoms with van der Waals surface area (Å²) in [6.45, 7) is 3.63. The Labute approximate surface area is 153 Å². The molecule has 0 aliphatic rings. The number of nitrogens with one attached hydrogen (secondary N) is 1. The van der Waals surface area contributed by atoms with Crippen LogP contribution in [-0.4, -0.2) is 51.3 Å². The van der Waals surface area contributed by atoms with Crippen molar-refractivity contribution in [2.24, 2.45) is 5.92 Å². The Balaban J connectivity index is 2.48. The minimum absolute atomic E-state index is 0.0126. The average Bonchev–Trinajstić information content (AvgIpc) is 2.53. The van der Waals surface area contributed by atoms with Gasteiger partial charge in [-0.25, -0.2) is 8.42 Å². The highest BCUT2D eigenvalue weighted by molar-refractivity contribution is 7.89. The summed E-state index contributed by atoms with van der Waals surface area (Å²) in [5.41, 5.74) is 0. The van der Waals surface area contributed by atoms with Gasteiger partial charge in [-0.2, -0.15) is 4.31 Å². The van der Waals surface area contributed by atoms with Crippen molar-refractivity contribution in [1.82, 2.24) is 9.62 Å². The fourth-order valence-electron chi connectivity index (χ4n) is 1.80. The van der Waals surface area contributed by atoms with Gasteiger partial charge in [-0.3, -0.25) is 9.59 Å². The van der Waals surface area contributed by atoms with Crippen molar-refractivity contribution in [3.05, 3.63) is 29.3 Å². The standard InChI is InChI=1S/C16H23ClN2O5S/c1-12(2)8-9-18-15(20)11-24-16(21)10-19(3)25(22,23)14-6-4-13(17)5-7-14/h4-7,12H,8-11H2,1-3H3,(H,18,20). The molecule has 0 radical (unpaired) electrons. The summed E-state index contributed by atoms with van der Waals surface area (Å²) in [6.07, 6.45) is 0.821. The third kappa shape index (κ3) is 7.41. The van der Waals surface area contributed by atoms with Crippen molar-refractivity contribution in [1.29, 1.82) is 0 Å². The monoisotopic (exact) mass is 390 g/mol.